The number of alkyl halides is 3. The first-order valence-electron chi connectivity index (χ1n) is 4.43. The van der Waals surface area contributed by atoms with E-state index in [1.807, 2.05) is 0 Å². The van der Waals surface area contributed by atoms with Gasteiger partial charge in [0.2, 0.25) is 5.91 Å². The van der Waals surface area contributed by atoms with E-state index in [4.69, 9.17) is 11.0 Å². The van der Waals surface area contributed by atoms with Gasteiger partial charge in [-0.15, -0.1) is 0 Å². The van der Waals surface area contributed by atoms with E-state index in [0.29, 0.717) is 5.56 Å². The maximum atomic E-state index is 12.4. The number of nitrogens with zero attached hydrogens (tertiary/aromatic N) is 1. The van der Waals surface area contributed by atoms with Crippen molar-refractivity contribution in [3.8, 4) is 6.07 Å². The largest absolute Gasteiger partial charge is 0.417 e. The predicted octanol–water partition coefficient (Wildman–Crippen LogP) is 2.08. The van der Waals surface area contributed by atoms with Crippen LogP contribution in [-0.4, -0.2) is 5.91 Å². The minimum absolute atomic E-state index is 0.299. The number of carbonyl (C=O) groups is 1. The molecule has 0 heterocycles. The molecule has 6 heteroatoms. The maximum absolute atomic E-state index is 12.4. The molecule has 0 aromatic heterocycles. The molecule has 0 atom stereocenters. The number of hydrogen-bond donors (Lipinski definition) is 1. The van der Waals surface area contributed by atoms with Gasteiger partial charge in [-0.25, -0.2) is 0 Å². The third kappa shape index (κ3) is 3.34. The normalized spacial score (nSPS) is 11.4. The van der Waals surface area contributed by atoms with Crippen LogP contribution in [0.1, 0.15) is 16.7 Å². The number of benzene rings is 1. The first-order chi connectivity index (χ1) is 7.84. The highest BCUT2D eigenvalue weighted by atomic mass is 19.4. The van der Waals surface area contributed by atoms with Crippen molar-refractivity contribution in [1.29, 1.82) is 5.26 Å². The van der Waals surface area contributed by atoms with Gasteiger partial charge < -0.3 is 5.73 Å². The molecule has 0 bridgehead atoms. The lowest BCUT2D eigenvalue weighted by Gasteiger charge is -2.08. The molecule has 0 unspecified atom stereocenters. The summed E-state index contributed by atoms with van der Waals surface area (Å²) in [7, 11) is 0. The van der Waals surface area contributed by atoms with Crippen LogP contribution in [0.3, 0.4) is 0 Å². The van der Waals surface area contributed by atoms with Gasteiger partial charge in [-0.2, -0.15) is 18.4 Å². The molecule has 0 aliphatic rings. The van der Waals surface area contributed by atoms with Gasteiger partial charge >= 0.3 is 6.18 Å². The first-order valence-corrected chi connectivity index (χ1v) is 4.43. The molecule has 3 nitrogen and oxygen atoms in total. The number of nitriles is 1. The molecular weight excluding hydrogens is 233 g/mol. The van der Waals surface area contributed by atoms with Crippen LogP contribution >= 0.6 is 0 Å². The van der Waals surface area contributed by atoms with Crippen LogP contribution in [0.15, 0.2) is 24.3 Å². The Morgan fingerprint density at radius 2 is 2.06 bits per heavy atom. The lowest BCUT2D eigenvalue weighted by Crippen LogP contribution is -2.08. The molecule has 0 aliphatic carbocycles. The molecule has 0 saturated carbocycles. The molecule has 0 radical (unpaired) electrons. The van der Waals surface area contributed by atoms with Crippen molar-refractivity contribution in [3.05, 3.63) is 41.0 Å². The zero-order valence-corrected chi connectivity index (χ0v) is 8.45. The summed E-state index contributed by atoms with van der Waals surface area (Å²) < 4.78 is 37.3. The molecule has 0 saturated heterocycles. The van der Waals surface area contributed by atoms with Crippen LogP contribution in [0.5, 0.6) is 0 Å². The van der Waals surface area contributed by atoms with Crippen LogP contribution in [0.4, 0.5) is 13.2 Å². The van der Waals surface area contributed by atoms with E-state index < -0.39 is 23.2 Å². The minimum atomic E-state index is -4.57. The summed E-state index contributed by atoms with van der Waals surface area (Å²) in [6.45, 7) is 0. The summed E-state index contributed by atoms with van der Waals surface area (Å²) in [6.07, 6.45) is -2.33. The van der Waals surface area contributed by atoms with Crippen molar-refractivity contribution in [2.75, 3.05) is 0 Å². The Morgan fingerprint density at radius 1 is 1.41 bits per heavy atom. The Labute approximate surface area is 95.0 Å². The molecule has 1 rings (SSSR count). The lowest BCUT2D eigenvalue weighted by atomic mass is 10.0. The van der Waals surface area contributed by atoms with Gasteiger partial charge in [0, 0.05) is 6.08 Å². The molecule has 0 fully saturated rings. The number of carbonyl (C=O) groups excluding carboxylic acids is 1. The van der Waals surface area contributed by atoms with Crippen LogP contribution in [0.25, 0.3) is 6.08 Å². The molecule has 17 heavy (non-hydrogen) atoms. The second-order valence-electron chi connectivity index (χ2n) is 3.15. The molecule has 0 spiro atoms. The van der Waals surface area contributed by atoms with E-state index in [9.17, 15) is 18.0 Å². The van der Waals surface area contributed by atoms with E-state index in [0.717, 1.165) is 24.3 Å². The van der Waals surface area contributed by atoms with Gasteiger partial charge in [-0.1, -0.05) is 6.07 Å². The van der Waals surface area contributed by atoms with Crippen molar-refractivity contribution in [2.45, 2.75) is 6.18 Å². The molecule has 1 amide bonds. The van der Waals surface area contributed by atoms with E-state index in [1.54, 1.807) is 0 Å². The highest BCUT2D eigenvalue weighted by Crippen LogP contribution is 2.32. The lowest BCUT2D eigenvalue weighted by molar-refractivity contribution is -0.137. The minimum Gasteiger partial charge on any atom is -0.366 e. The standard InChI is InChI=1S/C11H7F3N2O/c12-11(13,14)9-3-1-7(2-4-10(16)17)5-8(9)6-15/h1-5H,(H2,16,17)/b4-2+. The van der Waals surface area contributed by atoms with E-state index in [2.05, 4.69) is 0 Å². The predicted molar refractivity (Wildman–Crippen MR) is 54.4 cm³/mol. The zero-order valence-electron chi connectivity index (χ0n) is 8.45. The van der Waals surface area contributed by atoms with E-state index in [-0.39, 0.29) is 0 Å². The molecule has 2 N–H and O–H groups in total. The van der Waals surface area contributed by atoms with Gasteiger partial charge in [0.15, 0.2) is 0 Å². The number of hydrogen-bond acceptors (Lipinski definition) is 2. The zero-order chi connectivity index (χ0) is 13.1. The van der Waals surface area contributed by atoms with Gasteiger partial charge in [0.1, 0.15) is 0 Å². The molecule has 88 valence electrons. The smallest absolute Gasteiger partial charge is 0.366 e. The summed E-state index contributed by atoms with van der Waals surface area (Å²) in [5.74, 6) is -0.719. The number of nitrogens with two attached hydrogens (primary N) is 1. The molecule has 1 aromatic rings. The van der Waals surface area contributed by atoms with Gasteiger partial charge in [0.05, 0.1) is 17.2 Å². The SMILES string of the molecule is N#Cc1cc(/C=C/C(N)=O)ccc1C(F)(F)F. The third-order valence-corrected chi connectivity index (χ3v) is 1.91. The highest BCUT2D eigenvalue weighted by Gasteiger charge is 2.33. The summed E-state index contributed by atoms with van der Waals surface area (Å²) in [5.41, 5.74) is 3.64. The van der Waals surface area contributed by atoms with Gasteiger partial charge in [0.25, 0.3) is 0 Å². The van der Waals surface area contributed by atoms with E-state index in [1.165, 1.54) is 12.1 Å². The van der Waals surface area contributed by atoms with Gasteiger partial charge in [-0.05, 0) is 23.8 Å². The third-order valence-electron chi connectivity index (χ3n) is 1.91. The topological polar surface area (TPSA) is 66.9 Å². The van der Waals surface area contributed by atoms with Crippen molar-refractivity contribution in [1.82, 2.24) is 0 Å². The number of amides is 1. The van der Waals surface area contributed by atoms with Crippen molar-refractivity contribution >= 4 is 12.0 Å². The monoisotopic (exact) mass is 240 g/mol. The Morgan fingerprint density at radius 3 is 2.53 bits per heavy atom. The summed E-state index contributed by atoms with van der Waals surface area (Å²) in [5, 5.41) is 8.62. The second kappa shape index (κ2) is 4.70. The number of halogens is 3. The Bertz CT molecular complexity index is 512. The van der Waals surface area contributed by atoms with Crippen LogP contribution in [0.2, 0.25) is 0 Å². The van der Waals surface area contributed by atoms with Crippen molar-refractivity contribution < 1.29 is 18.0 Å². The van der Waals surface area contributed by atoms with Crippen molar-refractivity contribution in [3.63, 3.8) is 0 Å². The first kappa shape index (κ1) is 12.8. The van der Waals surface area contributed by atoms with E-state index >= 15 is 0 Å². The second-order valence-corrected chi connectivity index (χ2v) is 3.15. The fourth-order valence-electron chi connectivity index (χ4n) is 1.18. The fraction of sp³-hybridized carbons (Fsp3) is 0.0909. The van der Waals surface area contributed by atoms with Crippen LogP contribution in [-0.2, 0) is 11.0 Å². The average molecular weight is 240 g/mol. The molecule has 0 aliphatic heterocycles. The fourth-order valence-corrected chi connectivity index (χ4v) is 1.18. The number of primary amides is 1. The highest BCUT2D eigenvalue weighted by molar-refractivity contribution is 5.90. The number of rotatable bonds is 2. The summed E-state index contributed by atoms with van der Waals surface area (Å²) >= 11 is 0. The Balaban J connectivity index is 3.19. The Hall–Kier alpha value is -2.29. The summed E-state index contributed by atoms with van der Waals surface area (Å²) in [4.78, 5) is 10.4. The van der Waals surface area contributed by atoms with Crippen molar-refractivity contribution in [2.24, 2.45) is 5.73 Å². The molecular formula is C11H7F3N2O. The quantitative estimate of drug-likeness (QED) is 0.804. The summed E-state index contributed by atoms with van der Waals surface area (Å²) in [6, 6.07) is 4.45. The van der Waals surface area contributed by atoms with Crippen LogP contribution in [0, 0.1) is 11.3 Å². The maximum Gasteiger partial charge on any atom is 0.417 e. The molecule has 1 aromatic carbocycles. The Kier molecular flexibility index (Phi) is 3.53. The average Bonchev–Trinajstić information content (AvgIpc) is 2.24. The van der Waals surface area contributed by atoms with Crippen LogP contribution < -0.4 is 5.73 Å². The van der Waals surface area contributed by atoms with Gasteiger partial charge in [-0.3, -0.25) is 4.79 Å².